The summed E-state index contributed by atoms with van der Waals surface area (Å²) in [6.07, 6.45) is 0. The van der Waals surface area contributed by atoms with Gasteiger partial charge in [-0.15, -0.1) is 0 Å². The van der Waals surface area contributed by atoms with Crippen LogP contribution in [0, 0.1) is 5.21 Å². The second kappa shape index (κ2) is 6.80. The third-order valence-corrected chi connectivity index (χ3v) is 4.65. The molecule has 0 bridgehead atoms. The van der Waals surface area contributed by atoms with E-state index in [9.17, 15) is 5.21 Å². The molecule has 0 amide bonds. The van der Waals surface area contributed by atoms with Gasteiger partial charge in [0, 0.05) is 16.3 Å². The molecule has 0 fully saturated rings. The molecule has 0 saturated carbocycles. The molecule has 0 spiro atoms. The lowest BCUT2D eigenvalue weighted by Gasteiger charge is -2.03. The zero-order valence-corrected chi connectivity index (χ0v) is 14.8. The van der Waals surface area contributed by atoms with E-state index < -0.39 is 12.1 Å². The van der Waals surface area contributed by atoms with Crippen molar-refractivity contribution in [2.75, 3.05) is 13.2 Å². The van der Waals surface area contributed by atoms with E-state index in [-0.39, 0.29) is 13.2 Å². The quantitative estimate of drug-likeness (QED) is 0.651. The highest BCUT2D eigenvalue weighted by Crippen LogP contribution is 2.31. The van der Waals surface area contributed by atoms with Crippen molar-refractivity contribution >= 4 is 11.8 Å². The van der Waals surface area contributed by atoms with Crippen molar-refractivity contribution in [1.82, 2.24) is 5.16 Å². The highest BCUT2D eigenvalue weighted by atomic mass is 16.8. The lowest BCUT2D eigenvalue weighted by molar-refractivity contribution is -0.808. The maximum absolute atomic E-state index is 12.3. The molecular formula is C20H16N4O4. The van der Waals surface area contributed by atoms with Crippen molar-refractivity contribution in [2.24, 2.45) is 9.98 Å². The van der Waals surface area contributed by atoms with Gasteiger partial charge in [0.2, 0.25) is 17.5 Å². The molecule has 140 valence electrons. The van der Waals surface area contributed by atoms with Gasteiger partial charge in [0.1, 0.15) is 13.2 Å². The highest BCUT2D eigenvalue weighted by Gasteiger charge is 2.39. The molecule has 0 N–H and O–H groups in total. The van der Waals surface area contributed by atoms with Crippen molar-refractivity contribution in [3.8, 4) is 0 Å². The number of nitrogens with zero attached hydrogens (tertiary/aromatic N) is 4. The van der Waals surface area contributed by atoms with Crippen molar-refractivity contribution in [3.05, 3.63) is 88.4 Å². The molecule has 2 unspecified atom stereocenters. The molecule has 28 heavy (non-hydrogen) atoms. The van der Waals surface area contributed by atoms with Crippen molar-refractivity contribution in [2.45, 2.75) is 12.1 Å². The predicted molar refractivity (Wildman–Crippen MR) is 98.8 cm³/mol. The van der Waals surface area contributed by atoms with Crippen LogP contribution in [-0.4, -0.2) is 30.2 Å². The van der Waals surface area contributed by atoms with E-state index in [2.05, 4.69) is 15.1 Å². The first-order valence-electron chi connectivity index (χ1n) is 8.91. The zero-order valence-electron chi connectivity index (χ0n) is 14.8. The molecule has 2 aromatic carbocycles. The lowest BCUT2D eigenvalue weighted by Crippen LogP contribution is -2.31. The van der Waals surface area contributed by atoms with Crippen molar-refractivity contribution in [1.29, 1.82) is 0 Å². The number of hydrogen-bond donors (Lipinski definition) is 0. The summed E-state index contributed by atoms with van der Waals surface area (Å²) in [6.45, 7) is 0.524. The molecule has 0 saturated heterocycles. The fourth-order valence-corrected chi connectivity index (χ4v) is 3.29. The standard InChI is InChI=1S/C20H16N4O4/c25-24-18(16-12-27-20(22-16)14-9-5-2-6-10-14)17(23-28-24)15-11-26-19(21-15)13-7-3-1-4-8-13/h1-10,15-16H,11-12H2. The summed E-state index contributed by atoms with van der Waals surface area (Å²) in [4.78, 5) is 9.52. The first-order valence-corrected chi connectivity index (χ1v) is 8.91. The monoisotopic (exact) mass is 376 g/mol. The summed E-state index contributed by atoms with van der Waals surface area (Å²) < 4.78 is 16.3. The normalized spacial score (nSPS) is 21.0. The van der Waals surface area contributed by atoms with E-state index in [0.29, 0.717) is 28.1 Å². The van der Waals surface area contributed by atoms with E-state index in [1.165, 1.54) is 0 Å². The van der Waals surface area contributed by atoms with E-state index in [4.69, 9.17) is 14.1 Å². The maximum atomic E-state index is 12.3. The van der Waals surface area contributed by atoms with Gasteiger partial charge >= 0.3 is 0 Å². The summed E-state index contributed by atoms with van der Waals surface area (Å²) in [7, 11) is 0. The van der Waals surface area contributed by atoms with Gasteiger partial charge in [-0.1, -0.05) is 36.4 Å². The van der Waals surface area contributed by atoms with Gasteiger partial charge in [-0.05, 0) is 29.2 Å². The number of aromatic nitrogens is 2. The van der Waals surface area contributed by atoms with E-state index in [1.807, 2.05) is 60.7 Å². The lowest BCUT2D eigenvalue weighted by atomic mass is 10.1. The highest BCUT2D eigenvalue weighted by molar-refractivity contribution is 5.95. The van der Waals surface area contributed by atoms with Crippen LogP contribution < -0.4 is 4.90 Å². The fraction of sp³-hybridized carbons (Fsp3) is 0.200. The van der Waals surface area contributed by atoms with Crippen LogP contribution in [0.5, 0.6) is 0 Å². The van der Waals surface area contributed by atoms with Crippen LogP contribution in [0.25, 0.3) is 0 Å². The van der Waals surface area contributed by atoms with Crippen LogP contribution in [0.15, 0.2) is 75.3 Å². The topological polar surface area (TPSA) is 96.2 Å². The summed E-state index contributed by atoms with van der Waals surface area (Å²) in [5.41, 5.74) is 2.46. The van der Waals surface area contributed by atoms with E-state index in [0.717, 1.165) is 11.1 Å². The molecule has 2 atom stereocenters. The van der Waals surface area contributed by atoms with Crippen LogP contribution in [0.3, 0.4) is 0 Å². The smallest absolute Gasteiger partial charge is 0.251 e. The van der Waals surface area contributed by atoms with Gasteiger partial charge in [-0.25, -0.2) is 9.98 Å². The minimum absolute atomic E-state index is 0.240. The van der Waals surface area contributed by atoms with Crippen molar-refractivity contribution < 1.29 is 19.0 Å². The number of benzene rings is 2. The minimum atomic E-state index is -0.509. The van der Waals surface area contributed by atoms with Gasteiger partial charge in [-0.2, -0.15) is 0 Å². The predicted octanol–water partition coefficient (Wildman–Crippen LogP) is 2.34. The molecule has 0 aliphatic carbocycles. The van der Waals surface area contributed by atoms with Crippen LogP contribution in [0.4, 0.5) is 0 Å². The summed E-state index contributed by atoms with van der Waals surface area (Å²) in [6, 6.07) is 18.2. The molecule has 2 aliphatic rings. The van der Waals surface area contributed by atoms with E-state index >= 15 is 0 Å². The van der Waals surface area contributed by atoms with Crippen LogP contribution in [0.2, 0.25) is 0 Å². The Morgan fingerprint density at radius 3 is 1.93 bits per heavy atom. The minimum Gasteiger partial charge on any atom is -0.475 e. The Morgan fingerprint density at radius 2 is 1.32 bits per heavy atom. The Labute approximate surface area is 160 Å². The SMILES string of the molecule is [O-][n+]1onc(C2COC(c3ccccc3)=N2)c1C1COC(c2ccccc2)=N1. The molecule has 3 heterocycles. The molecule has 8 heteroatoms. The van der Waals surface area contributed by atoms with Crippen LogP contribution in [-0.2, 0) is 9.47 Å². The molecule has 5 rings (SSSR count). The molecule has 1 aromatic heterocycles. The van der Waals surface area contributed by atoms with Crippen molar-refractivity contribution in [3.63, 3.8) is 0 Å². The molecule has 2 aliphatic heterocycles. The molecule has 0 radical (unpaired) electrons. The van der Waals surface area contributed by atoms with Crippen LogP contribution in [0.1, 0.15) is 34.6 Å². The molecular weight excluding hydrogens is 360 g/mol. The maximum Gasteiger partial charge on any atom is 0.251 e. The third kappa shape index (κ3) is 2.88. The first-order chi connectivity index (χ1) is 13.8. The van der Waals surface area contributed by atoms with E-state index in [1.54, 1.807) is 0 Å². The average Bonchev–Trinajstić information content (AvgIpc) is 3.48. The third-order valence-electron chi connectivity index (χ3n) is 4.65. The van der Waals surface area contributed by atoms with Gasteiger partial charge in [0.15, 0.2) is 12.1 Å². The van der Waals surface area contributed by atoms with Gasteiger partial charge in [-0.3, -0.25) is 4.63 Å². The Morgan fingerprint density at radius 1 is 0.786 bits per heavy atom. The van der Waals surface area contributed by atoms with Crippen LogP contribution >= 0.6 is 0 Å². The molecule has 3 aromatic rings. The molecule has 8 nitrogen and oxygen atoms in total. The number of ether oxygens (including phenoxy) is 2. The Hall–Kier alpha value is -3.68. The Balaban J connectivity index is 1.45. The largest absolute Gasteiger partial charge is 0.475 e. The average molecular weight is 376 g/mol. The van der Waals surface area contributed by atoms with Gasteiger partial charge < -0.3 is 14.7 Å². The number of aliphatic imine (C=N–C) groups is 2. The Kier molecular flexibility index (Phi) is 4.01. The number of rotatable bonds is 4. The zero-order chi connectivity index (χ0) is 18.9. The van der Waals surface area contributed by atoms with Gasteiger partial charge in [0.25, 0.3) is 5.69 Å². The summed E-state index contributed by atoms with van der Waals surface area (Å²) in [5.74, 6) is 1.02. The second-order valence-electron chi connectivity index (χ2n) is 6.45. The number of hydrogen-bond acceptors (Lipinski definition) is 7. The Bertz CT molecular complexity index is 1050. The first kappa shape index (κ1) is 16.5. The second-order valence-corrected chi connectivity index (χ2v) is 6.45. The fourth-order valence-electron chi connectivity index (χ4n) is 3.29. The summed E-state index contributed by atoms with van der Waals surface area (Å²) in [5, 5.41) is 16.2. The summed E-state index contributed by atoms with van der Waals surface area (Å²) >= 11 is 0. The van der Waals surface area contributed by atoms with Gasteiger partial charge in [0.05, 0.1) is 0 Å².